The maximum atomic E-state index is 12.6. The fourth-order valence-corrected chi connectivity index (χ4v) is 4.05. The molecule has 31 heavy (non-hydrogen) atoms. The van der Waals surface area contributed by atoms with E-state index >= 15 is 0 Å². The number of amides is 1. The highest BCUT2D eigenvalue weighted by molar-refractivity contribution is 7.11. The lowest BCUT2D eigenvalue weighted by molar-refractivity contribution is -0.385. The van der Waals surface area contributed by atoms with Crippen LogP contribution in [-0.4, -0.2) is 38.3 Å². The number of hydrogen-bond donors (Lipinski definition) is 3. The van der Waals surface area contributed by atoms with Crippen LogP contribution in [0.5, 0.6) is 0 Å². The molecule has 1 aromatic heterocycles. The summed E-state index contributed by atoms with van der Waals surface area (Å²) in [6, 6.07) is 13.4. The molecule has 1 amide bonds. The van der Waals surface area contributed by atoms with E-state index in [1.54, 1.807) is 0 Å². The molecular formula is C21H17N5O4S. The Kier molecular flexibility index (Phi) is 5.22. The number of aromatic nitrogens is 1. The van der Waals surface area contributed by atoms with Crippen molar-refractivity contribution < 1.29 is 14.8 Å². The van der Waals surface area contributed by atoms with Gasteiger partial charge in [0.15, 0.2) is 5.84 Å². The normalized spacial score (nSPS) is 13.6. The third-order valence-electron chi connectivity index (χ3n) is 4.75. The molecular weight excluding hydrogens is 418 g/mol. The number of thiazole rings is 1. The molecule has 4 rings (SSSR count). The third-order valence-corrected chi connectivity index (χ3v) is 5.61. The highest BCUT2D eigenvalue weighted by Gasteiger charge is 2.32. The average Bonchev–Trinajstić information content (AvgIpc) is 3.33. The Bertz CT molecular complexity index is 1230. The molecule has 0 spiro atoms. The largest absolute Gasteiger partial charge is 0.509 e. The van der Waals surface area contributed by atoms with Crippen molar-refractivity contribution in [3.05, 3.63) is 85.9 Å². The lowest BCUT2D eigenvalue weighted by Crippen LogP contribution is -2.44. The number of nitro benzene ring substituents is 1. The molecule has 0 fully saturated rings. The van der Waals surface area contributed by atoms with Crippen LogP contribution in [0.3, 0.4) is 0 Å². The molecule has 3 N–H and O–H groups in total. The zero-order valence-corrected chi connectivity index (χ0v) is 17.1. The second-order valence-corrected chi connectivity index (χ2v) is 7.73. The number of aliphatic hydroxyl groups excluding tert-OH is 1. The van der Waals surface area contributed by atoms with Crippen LogP contribution in [0.15, 0.2) is 59.7 Å². The number of carbonyl (C=O) groups excluding carboxylic acids is 1. The molecule has 2 aromatic carbocycles. The summed E-state index contributed by atoms with van der Waals surface area (Å²) in [4.78, 5) is 27.6. The van der Waals surface area contributed by atoms with Gasteiger partial charge in [-0.2, -0.15) is 0 Å². The molecule has 9 nitrogen and oxygen atoms in total. The first-order chi connectivity index (χ1) is 14.8. The van der Waals surface area contributed by atoms with Crippen molar-refractivity contribution in [1.82, 2.24) is 15.4 Å². The van der Waals surface area contributed by atoms with E-state index in [9.17, 15) is 20.0 Å². The monoisotopic (exact) mass is 435 g/mol. The highest BCUT2D eigenvalue weighted by atomic mass is 32.1. The lowest BCUT2D eigenvalue weighted by Gasteiger charge is -2.19. The molecule has 0 radical (unpaired) electrons. The van der Waals surface area contributed by atoms with Crippen LogP contribution >= 0.6 is 11.3 Å². The predicted molar refractivity (Wildman–Crippen MR) is 117 cm³/mol. The minimum absolute atomic E-state index is 0.113. The van der Waals surface area contributed by atoms with Crippen molar-refractivity contribution in [3.63, 3.8) is 0 Å². The number of nitrogens with zero attached hydrogens (tertiary/aromatic N) is 3. The summed E-state index contributed by atoms with van der Waals surface area (Å²) in [7, 11) is 0. The first-order valence-corrected chi connectivity index (χ1v) is 10.1. The predicted octanol–water partition coefficient (Wildman–Crippen LogP) is 3.93. The number of nitrogens with one attached hydrogen (secondary N) is 2. The van der Waals surface area contributed by atoms with Crippen LogP contribution in [-0.2, 0) is 0 Å². The van der Waals surface area contributed by atoms with E-state index in [1.165, 1.54) is 35.6 Å². The van der Waals surface area contributed by atoms with E-state index in [0.717, 1.165) is 21.8 Å². The molecule has 2 heterocycles. The Morgan fingerprint density at radius 2 is 1.97 bits per heavy atom. The second-order valence-electron chi connectivity index (χ2n) is 6.88. The van der Waals surface area contributed by atoms with E-state index in [1.807, 2.05) is 36.6 Å². The summed E-state index contributed by atoms with van der Waals surface area (Å²) in [5.41, 5.74) is 4.95. The van der Waals surface area contributed by atoms with Gasteiger partial charge in [0, 0.05) is 17.0 Å². The van der Waals surface area contributed by atoms with Crippen molar-refractivity contribution in [2.24, 2.45) is 0 Å². The number of aryl methyl sites for hydroxylation is 1. The van der Waals surface area contributed by atoms with Gasteiger partial charge in [-0.05, 0) is 13.0 Å². The summed E-state index contributed by atoms with van der Waals surface area (Å²) in [5.74, 6) is -1.00. The maximum Gasteiger partial charge on any atom is 0.282 e. The standard InChI is InChI=1S/C21H17N5O4S/c1-12-6-8-13(9-7-12)15-11-31-21(23-15)18-17(27)10-25(19(18)22)24-20(28)14-4-2-3-5-16(14)26(29)30/h2-9,11,22,27H,10H2,1H3,(H,24,28). The minimum atomic E-state index is -0.745. The number of hydrazine groups is 1. The molecule has 1 aliphatic rings. The fraction of sp³-hybridized carbons (Fsp3) is 0.0952. The highest BCUT2D eigenvalue weighted by Crippen LogP contribution is 2.32. The number of carbonyl (C=O) groups is 1. The number of amidine groups is 1. The van der Waals surface area contributed by atoms with Crippen molar-refractivity contribution in [2.45, 2.75) is 6.92 Å². The smallest absolute Gasteiger partial charge is 0.282 e. The van der Waals surface area contributed by atoms with Crippen LogP contribution in [0.4, 0.5) is 5.69 Å². The average molecular weight is 435 g/mol. The van der Waals surface area contributed by atoms with Crippen molar-refractivity contribution in [1.29, 1.82) is 5.41 Å². The molecule has 0 aliphatic carbocycles. The SMILES string of the molecule is Cc1ccc(-c2csc(C3=C(O)CN(NC(=O)c4ccccc4[N+](=O)[O-])C3=N)n2)cc1. The van der Waals surface area contributed by atoms with Gasteiger partial charge < -0.3 is 5.11 Å². The van der Waals surface area contributed by atoms with Crippen LogP contribution in [0.25, 0.3) is 16.8 Å². The van der Waals surface area contributed by atoms with E-state index in [0.29, 0.717) is 5.01 Å². The molecule has 1 aliphatic heterocycles. The molecule has 156 valence electrons. The Morgan fingerprint density at radius 1 is 1.26 bits per heavy atom. The maximum absolute atomic E-state index is 12.6. The van der Waals surface area contributed by atoms with E-state index in [-0.39, 0.29) is 35.0 Å². The summed E-state index contributed by atoms with van der Waals surface area (Å²) >= 11 is 1.28. The zero-order valence-electron chi connectivity index (χ0n) is 16.3. The number of hydrogen-bond acceptors (Lipinski definition) is 7. The van der Waals surface area contributed by atoms with Gasteiger partial charge in [0.25, 0.3) is 11.6 Å². The van der Waals surface area contributed by atoms with Crippen LogP contribution < -0.4 is 5.43 Å². The summed E-state index contributed by atoms with van der Waals surface area (Å²) in [6.45, 7) is 1.85. The molecule has 0 atom stereocenters. The summed E-state index contributed by atoms with van der Waals surface area (Å²) < 4.78 is 0. The first-order valence-electron chi connectivity index (χ1n) is 9.21. The Hall–Kier alpha value is -4.05. The number of aliphatic hydroxyl groups is 1. The second kappa shape index (κ2) is 8.00. The van der Waals surface area contributed by atoms with E-state index in [2.05, 4.69) is 10.4 Å². The molecule has 0 unspecified atom stereocenters. The Balaban J connectivity index is 1.54. The molecule has 0 saturated heterocycles. The minimum Gasteiger partial charge on any atom is -0.509 e. The Labute approximate surface area is 180 Å². The molecule has 0 bridgehead atoms. The van der Waals surface area contributed by atoms with Gasteiger partial charge in [-0.25, -0.2) is 4.98 Å². The van der Waals surface area contributed by atoms with Gasteiger partial charge in [-0.1, -0.05) is 42.0 Å². The van der Waals surface area contributed by atoms with Crippen LogP contribution in [0.2, 0.25) is 0 Å². The van der Waals surface area contributed by atoms with Gasteiger partial charge in [0.2, 0.25) is 0 Å². The number of rotatable bonds is 5. The Morgan fingerprint density at radius 3 is 2.68 bits per heavy atom. The topological polar surface area (TPSA) is 132 Å². The van der Waals surface area contributed by atoms with E-state index < -0.39 is 10.8 Å². The van der Waals surface area contributed by atoms with Gasteiger partial charge in [0.05, 0.1) is 22.7 Å². The van der Waals surface area contributed by atoms with Gasteiger partial charge in [-0.15, -0.1) is 11.3 Å². The number of para-hydroxylation sites is 1. The first kappa shape index (κ1) is 20.2. The summed E-state index contributed by atoms with van der Waals surface area (Å²) in [5, 5.41) is 33.4. The van der Waals surface area contributed by atoms with Crippen LogP contribution in [0.1, 0.15) is 20.9 Å². The zero-order chi connectivity index (χ0) is 22.1. The lowest BCUT2D eigenvalue weighted by atomic mass is 10.1. The van der Waals surface area contributed by atoms with Gasteiger partial charge in [0.1, 0.15) is 16.3 Å². The molecule has 0 saturated carbocycles. The van der Waals surface area contributed by atoms with Crippen molar-refractivity contribution >= 4 is 34.3 Å². The molecule has 10 heteroatoms. The quantitative estimate of drug-likeness (QED) is 0.411. The number of nitro groups is 1. The van der Waals surface area contributed by atoms with Crippen molar-refractivity contribution in [2.75, 3.05) is 6.54 Å². The third kappa shape index (κ3) is 3.88. The van der Waals surface area contributed by atoms with Crippen LogP contribution in [0, 0.1) is 22.4 Å². The van der Waals surface area contributed by atoms with E-state index in [4.69, 9.17) is 5.41 Å². The van der Waals surface area contributed by atoms with Gasteiger partial charge >= 0.3 is 0 Å². The molecule has 3 aromatic rings. The van der Waals surface area contributed by atoms with Crippen molar-refractivity contribution in [3.8, 4) is 11.3 Å². The fourth-order valence-electron chi connectivity index (χ4n) is 3.15. The van der Waals surface area contributed by atoms with Gasteiger partial charge in [-0.3, -0.25) is 30.8 Å². The number of benzene rings is 2. The summed E-state index contributed by atoms with van der Waals surface area (Å²) in [6.07, 6.45) is 0.